The Morgan fingerprint density at radius 1 is 1.22 bits per heavy atom. The van der Waals surface area contributed by atoms with Gasteiger partial charge in [0.1, 0.15) is 0 Å². The smallest absolute Gasteiger partial charge is 0.346 e. The summed E-state index contributed by atoms with van der Waals surface area (Å²) in [6.45, 7) is -0.151. The van der Waals surface area contributed by atoms with E-state index >= 15 is 0 Å². The van der Waals surface area contributed by atoms with Gasteiger partial charge in [-0.05, 0) is 18.2 Å². The number of fused-ring (bicyclic) bond motifs is 1. The van der Waals surface area contributed by atoms with Crippen molar-refractivity contribution in [2.45, 2.75) is 12.7 Å². The summed E-state index contributed by atoms with van der Waals surface area (Å²) >= 11 is 3.44. The second-order valence-corrected chi connectivity index (χ2v) is 4.83. The van der Waals surface area contributed by atoms with Crippen LogP contribution in [0.4, 0.5) is 13.2 Å². The van der Waals surface area contributed by atoms with Gasteiger partial charge < -0.3 is 9.88 Å². The Kier molecular flexibility index (Phi) is 3.97. The van der Waals surface area contributed by atoms with Crippen LogP contribution in [0.25, 0.3) is 10.9 Å². The molecule has 0 aliphatic carbocycles. The maximum atomic E-state index is 12.0. The van der Waals surface area contributed by atoms with Crippen LogP contribution >= 0.6 is 15.9 Å². The third-order valence-electron chi connectivity index (χ3n) is 2.62. The highest BCUT2D eigenvalue weighted by Gasteiger charge is 2.25. The number of rotatable bonds is 4. The average Bonchev–Trinajstić information content (AvgIpc) is 2.68. The van der Waals surface area contributed by atoms with E-state index in [9.17, 15) is 13.2 Å². The fourth-order valence-corrected chi connectivity index (χ4v) is 2.30. The van der Waals surface area contributed by atoms with Crippen LogP contribution in [0.2, 0.25) is 0 Å². The number of nitrogens with one attached hydrogen (secondary N) is 1. The molecule has 0 aliphatic heterocycles. The maximum Gasteiger partial charge on any atom is 0.401 e. The lowest BCUT2D eigenvalue weighted by Gasteiger charge is -2.09. The summed E-state index contributed by atoms with van der Waals surface area (Å²) in [5, 5.41) is 3.45. The lowest BCUT2D eigenvalue weighted by molar-refractivity contribution is -0.124. The van der Waals surface area contributed by atoms with Gasteiger partial charge >= 0.3 is 6.18 Å². The summed E-state index contributed by atoms with van der Waals surface area (Å²) in [7, 11) is 0. The SMILES string of the molecule is FC(F)(F)CNCCn1ccc2c(Br)cccc21. The molecular weight excluding hydrogens is 309 g/mol. The van der Waals surface area contributed by atoms with Crippen LogP contribution in [0.5, 0.6) is 0 Å². The van der Waals surface area contributed by atoms with Gasteiger partial charge in [0.25, 0.3) is 0 Å². The molecule has 0 unspecified atom stereocenters. The molecule has 1 aromatic carbocycles. The van der Waals surface area contributed by atoms with E-state index in [4.69, 9.17) is 0 Å². The van der Waals surface area contributed by atoms with E-state index in [1.54, 1.807) is 0 Å². The maximum absolute atomic E-state index is 12.0. The van der Waals surface area contributed by atoms with E-state index in [1.807, 2.05) is 35.0 Å². The zero-order valence-corrected chi connectivity index (χ0v) is 11.1. The van der Waals surface area contributed by atoms with Gasteiger partial charge in [0.15, 0.2) is 0 Å². The number of halogens is 4. The van der Waals surface area contributed by atoms with E-state index in [0.29, 0.717) is 6.54 Å². The number of hydrogen-bond acceptors (Lipinski definition) is 1. The molecular formula is C12H12BrF3N2. The molecule has 1 aromatic heterocycles. The first-order valence-electron chi connectivity index (χ1n) is 5.48. The van der Waals surface area contributed by atoms with E-state index < -0.39 is 12.7 Å². The quantitative estimate of drug-likeness (QED) is 0.852. The van der Waals surface area contributed by atoms with Crippen molar-refractivity contribution in [3.8, 4) is 0 Å². The molecule has 0 saturated carbocycles. The molecule has 98 valence electrons. The Morgan fingerprint density at radius 3 is 2.72 bits per heavy atom. The topological polar surface area (TPSA) is 17.0 Å². The molecule has 0 fully saturated rings. The summed E-state index contributed by atoms with van der Waals surface area (Å²) in [6.07, 6.45) is -2.27. The predicted octanol–water partition coefficient (Wildman–Crippen LogP) is 3.56. The summed E-state index contributed by atoms with van der Waals surface area (Å²) in [6, 6.07) is 7.74. The van der Waals surface area contributed by atoms with Gasteiger partial charge in [-0.25, -0.2) is 0 Å². The number of nitrogens with zero attached hydrogens (tertiary/aromatic N) is 1. The van der Waals surface area contributed by atoms with Crippen molar-refractivity contribution < 1.29 is 13.2 Å². The molecule has 0 saturated heterocycles. The summed E-state index contributed by atoms with van der Waals surface area (Å²) < 4.78 is 38.8. The van der Waals surface area contributed by atoms with Crippen molar-refractivity contribution >= 4 is 26.8 Å². The second-order valence-electron chi connectivity index (χ2n) is 3.97. The largest absolute Gasteiger partial charge is 0.401 e. The molecule has 18 heavy (non-hydrogen) atoms. The van der Waals surface area contributed by atoms with Gasteiger partial charge in [-0.2, -0.15) is 13.2 Å². The summed E-state index contributed by atoms with van der Waals surface area (Å²) in [4.78, 5) is 0. The van der Waals surface area contributed by atoms with Crippen molar-refractivity contribution in [3.05, 3.63) is 34.9 Å². The lowest BCUT2D eigenvalue weighted by Crippen LogP contribution is -2.31. The second kappa shape index (κ2) is 5.32. The first-order valence-corrected chi connectivity index (χ1v) is 6.27. The number of hydrogen-bond donors (Lipinski definition) is 1. The molecule has 2 nitrogen and oxygen atoms in total. The van der Waals surface area contributed by atoms with Crippen LogP contribution in [0.3, 0.4) is 0 Å². The summed E-state index contributed by atoms with van der Waals surface area (Å²) in [5.74, 6) is 0. The standard InChI is InChI=1S/C12H12BrF3N2/c13-10-2-1-3-11-9(10)4-6-18(11)7-5-17-8-12(14,15)16/h1-4,6,17H,5,7-8H2. The van der Waals surface area contributed by atoms with Crippen molar-refractivity contribution in [1.29, 1.82) is 0 Å². The first kappa shape index (κ1) is 13.4. The van der Waals surface area contributed by atoms with Crippen molar-refractivity contribution in [2.75, 3.05) is 13.1 Å². The highest BCUT2D eigenvalue weighted by Crippen LogP contribution is 2.24. The van der Waals surface area contributed by atoms with Gasteiger partial charge in [0.2, 0.25) is 0 Å². The van der Waals surface area contributed by atoms with Crippen molar-refractivity contribution in [3.63, 3.8) is 0 Å². The molecule has 1 N–H and O–H groups in total. The zero-order chi connectivity index (χ0) is 13.2. The molecule has 2 rings (SSSR count). The highest BCUT2D eigenvalue weighted by atomic mass is 79.9. The third kappa shape index (κ3) is 3.26. The van der Waals surface area contributed by atoms with E-state index in [-0.39, 0.29) is 6.54 Å². The molecule has 0 radical (unpaired) electrons. The van der Waals surface area contributed by atoms with E-state index in [1.165, 1.54) is 0 Å². The Bertz CT molecular complexity index is 534. The lowest BCUT2D eigenvalue weighted by atomic mass is 10.2. The van der Waals surface area contributed by atoms with Gasteiger partial charge in [0.05, 0.1) is 6.54 Å². The Hall–Kier alpha value is -1.01. The molecule has 0 atom stereocenters. The van der Waals surface area contributed by atoms with Crippen LogP contribution < -0.4 is 5.32 Å². The van der Waals surface area contributed by atoms with Gasteiger partial charge in [-0.1, -0.05) is 22.0 Å². The van der Waals surface area contributed by atoms with E-state index in [0.717, 1.165) is 15.4 Å². The minimum absolute atomic E-state index is 0.288. The Morgan fingerprint density at radius 2 is 2.00 bits per heavy atom. The van der Waals surface area contributed by atoms with Crippen LogP contribution in [-0.2, 0) is 6.54 Å². The Balaban J connectivity index is 1.98. The van der Waals surface area contributed by atoms with Gasteiger partial charge in [-0.15, -0.1) is 0 Å². The van der Waals surface area contributed by atoms with Crippen LogP contribution in [0.1, 0.15) is 0 Å². The fraction of sp³-hybridized carbons (Fsp3) is 0.333. The fourth-order valence-electron chi connectivity index (χ4n) is 1.81. The molecule has 6 heteroatoms. The minimum atomic E-state index is -4.15. The van der Waals surface area contributed by atoms with Crippen LogP contribution in [0.15, 0.2) is 34.9 Å². The molecule has 0 aliphatic rings. The molecule has 0 amide bonds. The molecule has 0 bridgehead atoms. The molecule has 1 heterocycles. The molecule has 0 spiro atoms. The first-order chi connectivity index (χ1) is 8.47. The predicted molar refractivity (Wildman–Crippen MR) is 68.6 cm³/mol. The van der Waals surface area contributed by atoms with Gasteiger partial charge in [-0.3, -0.25) is 0 Å². The van der Waals surface area contributed by atoms with Crippen LogP contribution in [-0.4, -0.2) is 23.8 Å². The third-order valence-corrected chi connectivity index (χ3v) is 3.31. The number of benzene rings is 1. The van der Waals surface area contributed by atoms with Gasteiger partial charge in [0, 0.05) is 34.7 Å². The summed E-state index contributed by atoms with van der Waals surface area (Å²) in [5.41, 5.74) is 1.01. The monoisotopic (exact) mass is 320 g/mol. The van der Waals surface area contributed by atoms with E-state index in [2.05, 4.69) is 21.2 Å². The average molecular weight is 321 g/mol. The minimum Gasteiger partial charge on any atom is -0.346 e. The van der Waals surface area contributed by atoms with Crippen molar-refractivity contribution in [1.82, 2.24) is 9.88 Å². The number of aromatic nitrogens is 1. The number of alkyl halides is 3. The zero-order valence-electron chi connectivity index (χ0n) is 9.47. The van der Waals surface area contributed by atoms with Crippen LogP contribution in [0, 0.1) is 0 Å². The normalized spacial score (nSPS) is 12.2. The highest BCUT2D eigenvalue weighted by molar-refractivity contribution is 9.10. The Labute approximate surface area is 111 Å². The molecule has 2 aromatic rings. The van der Waals surface area contributed by atoms with Crippen molar-refractivity contribution in [2.24, 2.45) is 0 Å².